The second-order valence-electron chi connectivity index (χ2n) is 13.7. The summed E-state index contributed by atoms with van der Waals surface area (Å²) < 4.78 is 9.77. The van der Waals surface area contributed by atoms with Gasteiger partial charge in [0.05, 0.1) is 5.69 Å². The molecular weight excluding hydrogens is 663 g/mol. The predicted molar refractivity (Wildman–Crippen MR) is 227 cm³/mol. The Morgan fingerprint density at radius 1 is 0.340 bits per heavy atom. The van der Waals surface area contributed by atoms with Gasteiger partial charge < -0.3 is 9.32 Å². The number of fused-ring (bicyclic) bond motifs is 11. The van der Waals surface area contributed by atoms with Crippen molar-refractivity contribution >= 4 is 92.1 Å². The minimum atomic E-state index is 0.865. The molecule has 2 nitrogen and oxygen atoms in total. The molecule has 0 atom stereocenters. The van der Waals surface area contributed by atoms with Gasteiger partial charge in [-0.3, -0.25) is 0 Å². The highest BCUT2D eigenvalue weighted by atomic mass is 32.1. The van der Waals surface area contributed by atoms with Gasteiger partial charge in [-0.25, -0.2) is 0 Å². The summed E-state index contributed by atoms with van der Waals surface area (Å²) in [5, 5.41) is 9.63. The monoisotopic (exact) mass is 693 g/mol. The van der Waals surface area contributed by atoms with Crippen molar-refractivity contribution in [2.24, 2.45) is 0 Å². The molecule has 0 saturated carbocycles. The molecule has 2 aromatic heterocycles. The van der Waals surface area contributed by atoms with E-state index in [9.17, 15) is 0 Å². The molecule has 0 aliphatic carbocycles. The summed E-state index contributed by atoms with van der Waals surface area (Å²) in [5.41, 5.74) is 9.61. The predicted octanol–water partition coefficient (Wildman–Crippen LogP) is 15.1. The van der Waals surface area contributed by atoms with Crippen LogP contribution in [0.4, 0.5) is 17.1 Å². The summed E-state index contributed by atoms with van der Waals surface area (Å²) in [5.74, 6) is 0. The fourth-order valence-corrected chi connectivity index (χ4v) is 9.31. The Hall–Kier alpha value is -6.68. The molecule has 0 fully saturated rings. The van der Waals surface area contributed by atoms with Gasteiger partial charge in [-0.1, -0.05) is 140 Å². The average molecular weight is 694 g/mol. The van der Waals surface area contributed by atoms with Crippen molar-refractivity contribution in [3.05, 3.63) is 188 Å². The molecule has 53 heavy (non-hydrogen) atoms. The Balaban J connectivity index is 1.16. The van der Waals surface area contributed by atoms with E-state index in [1.165, 1.54) is 47.5 Å². The summed E-state index contributed by atoms with van der Waals surface area (Å²) in [7, 11) is 0. The summed E-state index contributed by atoms with van der Waals surface area (Å²) in [6.07, 6.45) is 0. The fourth-order valence-electron chi connectivity index (χ4n) is 8.17. The van der Waals surface area contributed by atoms with Crippen molar-refractivity contribution in [1.29, 1.82) is 0 Å². The van der Waals surface area contributed by atoms with Crippen LogP contribution in [0.25, 0.3) is 85.9 Å². The zero-order valence-electron chi connectivity index (χ0n) is 28.7. The third-order valence-corrected chi connectivity index (χ3v) is 11.8. The summed E-state index contributed by atoms with van der Waals surface area (Å²) >= 11 is 1.86. The Labute approximate surface area is 310 Å². The third-order valence-electron chi connectivity index (χ3n) is 10.6. The van der Waals surface area contributed by atoms with Crippen molar-refractivity contribution in [3.8, 4) is 22.3 Å². The molecule has 0 radical (unpaired) electrons. The van der Waals surface area contributed by atoms with Crippen LogP contribution in [-0.4, -0.2) is 0 Å². The third kappa shape index (κ3) is 4.78. The molecule has 0 aliphatic heterocycles. The van der Waals surface area contributed by atoms with E-state index in [2.05, 4.69) is 193 Å². The average Bonchev–Trinajstić information content (AvgIpc) is 3.81. The van der Waals surface area contributed by atoms with E-state index in [-0.39, 0.29) is 0 Å². The molecule has 11 aromatic rings. The van der Waals surface area contributed by atoms with Crippen LogP contribution in [0.2, 0.25) is 0 Å². The van der Waals surface area contributed by atoms with E-state index < -0.39 is 0 Å². The first-order valence-electron chi connectivity index (χ1n) is 18.0. The first kappa shape index (κ1) is 30.0. The maximum Gasteiger partial charge on any atom is 0.159 e. The minimum absolute atomic E-state index is 0.865. The van der Waals surface area contributed by atoms with Gasteiger partial charge in [-0.05, 0) is 86.9 Å². The highest BCUT2D eigenvalue weighted by molar-refractivity contribution is 7.25. The highest BCUT2D eigenvalue weighted by Crippen LogP contribution is 2.48. The molecule has 0 aliphatic rings. The lowest BCUT2D eigenvalue weighted by Gasteiger charge is -2.26. The second-order valence-corrected chi connectivity index (χ2v) is 14.7. The zero-order valence-corrected chi connectivity index (χ0v) is 29.5. The van der Waals surface area contributed by atoms with Crippen LogP contribution in [0.1, 0.15) is 0 Å². The molecule has 0 amide bonds. The van der Waals surface area contributed by atoms with Crippen LogP contribution < -0.4 is 4.90 Å². The van der Waals surface area contributed by atoms with Crippen LogP contribution in [0.3, 0.4) is 0 Å². The zero-order chi connectivity index (χ0) is 34.9. The topological polar surface area (TPSA) is 16.4 Å². The normalized spacial score (nSPS) is 11.8. The van der Waals surface area contributed by atoms with Gasteiger partial charge in [0.1, 0.15) is 5.58 Å². The van der Waals surface area contributed by atoms with Crippen molar-refractivity contribution in [1.82, 2.24) is 0 Å². The first-order chi connectivity index (χ1) is 26.3. The van der Waals surface area contributed by atoms with Gasteiger partial charge in [0.25, 0.3) is 0 Å². The van der Waals surface area contributed by atoms with E-state index in [0.29, 0.717) is 0 Å². The van der Waals surface area contributed by atoms with Gasteiger partial charge in [-0.15, -0.1) is 11.3 Å². The number of hydrogen-bond acceptors (Lipinski definition) is 3. The molecule has 11 rings (SSSR count). The number of benzene rings is 9. The van der Waals surface area contributed by atoms with Crippen molar-refractivity contribution < 1.29 is 4.42 Å². The van der Waals surface area contributed by atoms with Gasteiger partial charge in [0, 0.05) is 47.7 Å². The molecule has 0 spiro atoms. The Morgan fingerprint density at radius 2 is 0.906 bits per heavy atom. The smallest absolute Gasteiger partial charge is 0.159 e. The molecule has 0 saturated heterocycles. The molecule has 248 valence electrons. The number of hydrogen-bond donors (Lipinski definition) is 0. The van der Waals surface area contributed by atoms with Gasteiger partial charge in [0.15, 0.2) is 5.58 Å². The maximum absolute atomic E-state index is 7.14. The van der Waals surface area contributed by atoms with E-state index in [1.807, 2.05) is 11.3 Å². The molecule has 2 heterocycles. The van der Waals surface area contributed by atoms with Gasteiger partial charge in [0.2, 0.25) is 0 Å². The SMILES string of the molecule is c1ccc(-c2cc(N(c3ccccc3)c3ccc(-c4ccc5c(c4)sc4ccccc45)cc3)c3oc4c5ccccc5c5ccccc5c4c3c2)cc1. The van der Waals surface area contributed by atoms with Gasteiger partial charge >= 0.3 is 0 Å². The summed E-state index contributed by atoms with van der Waals surface area (Å²) in [6, 6.07) is 67.8. The molecule has 0 unspecified atom stereocenters. The first-order valence-corrected chi connectivity index (χ1v) is 18.8. The molecular formula is C50H31NOS. The lowest BCUT2D eigenvalue weighted by molar-refractivity contribution is 0.673. The molecule has 0 N–H and O–H groups in total. The summed E-state index contributed by atoms with van der Waals surface area (Å²) in [4.78, 5) is 2.35. The number of nitrogens with zero attached hydrogens (tertiary/aromatic N) is 1. The maximum atomic E-state index is 7.14. The van der Waals surface area contributed by atoms with Crippen molar-refractivity contribution in [3.63, 3.8) is 0 Å². The van der Waals surface area contributed by atoms with E-state index in [4.69, 9.17) is 4.42 Å². The molecule has 3 heteroatoms. The lowest BCUT2D eigenvalue weighted by atomic mass is 9.95. The number of para-hydroxylation sites is 1. The van der Waals surface area contributed by atoms with Crippen LogP contribution in [0, 0.1) is 0 Å². The highest BCUT2D eigenvalue weighted by Gasteiger charge is 2.23. The van der Waals surface area contributed by atoms with Crippen LogP contribution in [0.5, 0.6) is 0 Å². The number of furan rings is 1. The largest absolute Gasteiger partial charge is 0.453 e. The Kier molecular flexibility index (Phi) is 6.76. The van der Waals surface area contributed by atoms with Crippen molar-refractivity contribution in [2.75, 3.05) is 4.90 Å². The van der Waals surface area contributed by atoms with Crippen LogP contribution >= 0.6 is 11.3 Å². The van der Waals surface area contributed by atoms with Crippen LogP contribution in [-0.2, 0) is 0 Å². The Morgan fingerprint density at radius 3 is 1.68 bits per heavy atom. The summed E-state index contributed by atoms with van der Waals surface area (Å²) in [6.45, 7) is 0. The molecule has 9 aromatic carbocycles. The van der Waals surface area contributed by atoms with Gasteiger partial charge in [-0.2, -0.15) is 0 Å². The van der Waals surface area contributed by atoms with E-state index in [1.54, 1.807) is 0 Å². The quantitative estimate of drug-likeness (QED) is 0.167. The van der Waals surface area contributed by atoms with Crippen molar-refractivity contribution in [2.45, 2.75) is 0 Å². The number of anilines is 3. The fraction of sp³-hybridized carbons (Fsp3) is 0. The number of rotatable bonds is 5. The molecule has 0 bridgehead atoms. The van der Waals surface area contributed by atoms with Crippen LogP contribution in [0.15, 0.2) is 192 Å². The second kappa shape index (κ2) is 11.9. The standard InChI is InChI=1S/C50H31NOS/c1-3-13-32(14-4-1)35-29-44-48-42-20-9-7-17-38(42)39-18-8-10-21-43(39)50(48)52-49(44)45(30-35)51(36-15-5-2-6-16-36)37-26-23-33(24-27-37)34-25-28-41-40-19-11-12-22-46(40)53-47(41)31-34/h1-31H. The van der Waals surface area contributed by atoms with E-state index in [0.717, 1.165) is 55.5 Å². The minimum Gasteiger partial charge on any atom is -0.453 e. The Bertz CT molecular complexity index is 3160. The number of thiophene rings is 1. The van der Waals surface area contributed by atoms with E-state index >= 15 is 0 Å². The lowest BCUT2D eigenvalue weighted by Crippen LogP contribution is -2.10.